The van der Waals surface area contributed by atoms with Crippen LogP contribution in [0.5, 0.6) is 0 Å². The van der Waals surface area contributed by atoms with Crippen molar-refractivity contribution in [1.29, 1.82) is 0 Å². The second kappa shape index (κ2) is 12.4. The van der Waals surface area contributed by atoms with Crippen molar-refractivity contribution >= 4 is 41.4 Å². The zero-order valence-electron chi connectivity index (χ0n) is 17.3. The molecule has 1 aliphatic heterocycles. The molecule has 0 spiro atoms. The summed E-state index contributed by atoms with van der Waals surface area (Å²) in [4.78, 5) is 61.1. The molecule has 1 heterocycles. The third kappa shape index (κ3) is 7.82. The molecule has 4 atom stereocenters. The minimum Gasteiger partial charge on any atom is -0.480 e. The van der Waals surface area contributed by atoms with Gasteiger partial charge in [0.15, 0.2) is 0 Å². The fourth-order valence-electron chi connectivity index (χ4n) is 3.09. The van der Waals surface area contributed by atoms with E-state index >= 15 is 0 Å². The molecular weight excluding hydrogens is 414 g/mol. The largest absolute Gasteiger partial charge is 0.480 e. The molecule has 0 aliphatic carbocycles. The van der Waals surface area contributed by atoms with Crippen LogP contribution in [0.15, 0.2) is 0 Å². The van der Waals surface area contributed by atoms with Gasteiger partial charge in [0.25, 0.3) is 0 Å². The van der Waals surface area contributed by atoms with Crippen molar-refractivity contribution in [2.45, 2.75) is 63.2 Å². The van der Waals surface area contributed by atoms with Crippen LogP contribution in [0.2, 0.25) is 0 Å². The van der Waals surface area contributed by atoms with Gasteiger partial charge in [0.05, 0.1) is 6.04 Å². The Kier molecular flexibility index (Phi) is 10.6. The van der Waals surface area contributed by atoms with E-state index in [1.807, 2.05) is 6.26 Å². The van der Waals surface area contributed by atoms with Gasteiger partial charge in [0, 0.05) is 13.0 Å². The van der Waals surface area contributed by atoms with Crippen molar-refractivity contribution in [3.05, 3.63) is 0 Å². The third-order valence-electron chi connectivity index (χ3n) is 4.83. The van der Waals surface area contributed by atoms with Crippen LogP contribution in [0.1, 0.15) is 39.0 Å². The molecule has 12 heteroatoms. The molecule has 0 radical (unpaired) electrons. The van der Waals surface area contributed by atoms with Crippen LogP contribution in [0, 0.1) is 0 Å². The average molecular weight is 446 g/mol. The Morgan fingerprint density at radius 3 is 2.43 bits per heavy atom. The first-order valence-electron chi connectivity index (χ1n) is 9.75. The van der Waals surface area contributed by atoms with Gasteiger partial charge in [0.2, 0.25) is 23.6 Å². The predicted molar refractivity (Wildman–Crippen MR) is 111 cm³/mol. The number of nitrogens with one attached hydrogen (secondary N) is 2. The third-order valence-corrected chi connectivity index (χ3v) is 5.47. The lowest BCUT2D eigenvalue weighted by atomic mass is 10.1. The van der Waals surface area contributed by atoms with E-state index in [9.17, 15) is 24.0 Å². The molecule has 0 aromatic rings. The Morgan fingerprint density at radius 1 is 1.20 bits per heavy atom. The highest BCUT2D eigenvalue weighted by Gasteiger charge is 2.37. The molecule has 11 nitrogen and oxygen atoms in total. The van der Waals surface area contributed by atoms with Gasteiger partial charge in [-0.3, -0.25) is 24.0 Å². The summed E-state index contributed by atoms with van der Waals surface area (Å²) in [6.07, 6.45) is 3.24. The van der Waals surface area contributed by atoms with E-state index in [1.54, 1.807) is 0 Å². The highest BCUT2D eigenvalue weighted by molar-refractivity contribution is 7.98. The Hall–Kier alpha value is -2.34. The summed E-state index contributed by atoms with van der Waals surface area (Å²) in [5, 5.41) is 14.0. The highest BCUT2D eigenvalue weighted by atomic mass is 32.2. The first-order valence-corrected chi connectivity index (χ1v) is 11.1. The normalized spacial score (nSPS) is 18.9. The van der Waals surface area contributed by atoms with Crippen LogP contribution in [-0.4, -0.2) is 82.3 Å². The maximum atomic E-state index is 12.8. The van der Waals surface area contributed by atoms with Gasteiger partial charge in [-0.05, 0) is 44.6 Å². The fraction of sp³-hybridized carbons (Fsp3) is 0.722. The minimum atomic E-state index is -1.18. The lowest BCUT2D eigenvalue weighted by Gasteiger charge is -2.28. The molecule has 4 amide bonds. The van der Waals surface area contributed by atoms with Crippen LogP contribution >= 0.6 is 11.8 Å². The molecule has 1 rings (SSSR count). The number of aliphatic carboxylic acids is 1. The molecule has 4 unspecified atom stereocenters. The van der Waals surface area contributed by atoms with E-state index in [-0.39, 0.29) is 12.8 Å². The van der Waals surface area contributed by atoms with Gasteiger partial charge < -0.3 is 32.1 Å². The molecule has 0 bridgehead atoms. The van der Waals surface area contributed by atoms with Crippen molar-refractivity contribution in [3.63, 3.8) is 0 Å². The van der Waals surface area contributed by atoms with E-state index in [1.165, 1.54) is 23.6 Å². The van der Waals surface area contributed by atoms with Crippen molar-refractivity contribution < 1.29 is 29.1 Å². The van der Waals surface area contributed by atoms with Crippen LogP contribution in [-0.2, 0) is 24.0 Å². The number of carboxylic acids is 1. The van der Waals surface area contributed by atoms with Crippen LogP contribution in [0.25, 0.3) is 0 Å². The number of carbonyl (C=O) groups excluding carboxylic acids is 4. The molecule has 1 saturated heterocycles. The van der Waals surface area contributed by atoms with Gasteiger partial charge in [-0.15, -0.1) is 0 Å². The van der Waals surface area contributed by atoms with E-state index in [0.29, 0.717) is 31.6 Å². The standard InChI is InChI=1S/C18H31N5O6S/c1-10(18(28)29)21-15(25)12(7-9-30-2)22-16(26)13-4-3-8-23(13)17(27)11(19)5-6-14(20)24/h10-13H,3-9,19H2,1-2H3,(H2,20,24)(H,21,25)(H,22,26)(H,28,29). The summed E-state index contributed by atoms with van der Waals surface area (Å²) in [6, 6.07) is -3.75. The van der Waals surface area contributed by atoms with Crippen molar-refractivity contribution in [3.8, 4) is 0 Å². The van der Waals surface area contributed by atoms with Gasteiger partial charge in [-0.25, -0.2) is 0 Å². The van der Waals surface area contributed by atoms with Crippen LogP contribution in [0.3, 0.4) is 0 Å². The maximum Gasteiger partial charge on any atom is 0.325 e. The Labute approximate surface area is 179 Å². The predicted octanol–water partition coefficient (Wildman–Crippen LogP) is -1.60. The fourth-order valence-corrected chi connectivity index (χ4v) is 3.56. The number of carbonyl (C=O) groups is 5. The van der Waals surface area contributed by atoms with Crippen LogP contribution < -0.4 is 22.1 Å². The quantitative estimate of drug-likeness (QED) is 0.238. The second-order valence-electron chi connectivity index (χ2n) is 7.21. The summed E-state index contributed by atoms with van der Waals surface area (Å²) in [7, 11) is 0. The van der Waals surface area contributed by atoms with Crippen molar-refractivity contribution in [2.75, 3.05) is 18.6 Å². The van der Waals surface area contributed by atoms with E-state index in [2.05, 4.69) is 10.6 Å². The molecule has 1 fully saturated rings. The SMILES string of the molecule is CSCCC(NC(=O)C1CCCN1C(=O)C(N)CCC(N)=O)C(=O)NC(C)C(=O)O. The number of rotatable bonds is 12. The minimum absolute atomic E-state index is 0.0314. The Balaban J connectivity index is 2.80. The molecule has 7 N–H and O–H groups in total. The molecule has 30 heavy (non-hydrogen) atoms. The lowest BCUT2D eigenvalue weighted by Crippen LogP contribution is -2.56. The first kappa shape index (κ1) is 25.7. The summed E-state index contributed by atoms with van der Waals surface area (Å²) < 4.78 is 0. The lowest BCUT2D eigenvalue weighted by molar-refractivity contribution is -0.142. The number of nitrogens with two attached hydrogens (primary N) is 2. The molecule has 0 aromatic heterocycles. The van der Waals surface area contributed by atoms with Gasteiger partial charge in [-0.1, -0.05) is 0 Å². The zero-order valence-corrected chi connectivity index (χ0v) is 18.1. The summed E-state index contributed by atoms with van der Waals surface area (Å²) in [6.45, 7) is 1.68. The van der Waals surface area contributed by atoms with E-state index in [4.69, 9.17) is 16.6 Å². The van der Waals surface area contributed by atoms with Gasteiger partial charge in [-0.2, -0.15) is 11.8 Å². The van der Waals surface area contributed by atoms with E-state index < -0.39 is 53.8 Å². The topological polar surface area (TPSA) is 185 Å². The number of carboxylic acid groups (broad SMARTS) is 1. The Bertz CT molecular complexity index is 661. The highest BCUT2D eigenvalue weighted by Crippen LogP contribution is 2.19. The number of amides is 4. The maximum absolute atomic E-state index is 12.8. The summed E-state index contributed by atoms with van der Waals surface area (Å²) >= 11 is 1.48. The second-order valence-corrected chi connectivity index (χ2v) is 8.20. The van der Waals surface area contributed by atoms with Gasteiger partial charge in [0.1, 0.15) is 18.1 Å². The summed E-state index contributed by atoms with van der Waals surface area (Å²) in [5.41, 5.74) is 10.9. The van der Waals surface area contributed by atoms with Crippen molar-refractivity contribution in [2.24, 2.45) is 11.5 Å². The monoisotopic (exact) mass is 445 g/mol. The molecule has 170 valence electrons. The number of thioether (sulfide) groups is 1. The number of primary amides is 1. The van der Waals surface area contributed by atoms with Crippen LogP contribution in [0.4, 0.5) is 0 Å². The van der Waals surface area contributed by atoms with Gasteiger partial charge >= 0.3 is 5.97 Å². The molecule has 0 aromatic carbocycles. The number of nitrogens with zero attached hydrogens (tertiary/aromatic N) is 1. The number of hydrogen-bond donors (Lipinski definition) is 5. The first-order chi connectivity index (χ1) is 14.1. The van der Waals surface area contributed by atoms with Crippen molar-refractivity contribution in [1.82, 2.24) is 15.5 Å². The molecule has 1 aliphatic rings. The summed E-state index contributed by atoms with van der Waals surface area (Å²) in [5.74, 6) is -2.71. The number of hydrogen-bond acceptors (Lipinski definition) is 7. The molecule has 0 saturated carbocycles. The van der Waals surface area contributed by atoms with E-state index in [0.717, 1.165) is 0 Å². The Morgan fingerprint density at radius 2 is 1.87 bits per heavy atom. The smallest absolute Gasteiger partial charge is 0.325 e. The molecular formula is C18H31N5O6S. The zero-order chi connectivity index (χ0) is 22.8. The number of likely N-dealkylation sites (tertiary alicyclic amines) is 1. The average Bonchev–Trinajstić information content (AvgIpc) is 3.18.